The Morgan fingerprint density at radius 1 is 1.33 bits per heavy atom. The predicted octanol–water partition coefficient (Wildman–Crippen LogP) is 3.55. The Hall–Kier alpha value is -0.520. The summed E-state index contributed by atoms with van der Waals surface area (Å²) in [6.07, 6.45) is 5.11. The lowest BCUT2D eigenvalue weighted by Crippen LogP contribution is -1.58. The summed E-state index contributed by atoms with van der Waals surface area (Å²) in [6, 6.07) is 0. The fourth-order valence-corrected chi connectivity index (χ4v) is 0. The Bertz CT molecular complexity index is 74.0. The van der Waals surface area contributed by atoms with Gasteiger partial charge in [0.25, 0.3) is 0 Å². The van der Waals surface area contributed by atoms with Crippen molar-refractivity contribution < 1.29 is 0 Å². The van der Waals surface area contributed by atoms with Crippen molar-refractivity contribution in [2.45, 2.75) is 34.1 Å². The van der Waals surface area contributed by atoms with Crippen LogP contribution in [0.25, 0.3) is 0 Å². The third-order valence-corrected chi connectivity index (χ3v) is 0.937. The van der Waals surface area contributed by atoms with E-state index in [2.05, 4.69) is 13.5 Å². The van der Waals surface area contributed by atoms with Crippen LogP contribution in [-0.2, 0) is 0 Å². The van der Waals surface area contributed by atoms with Crippen molar-refractivity contribution in [1.82, 2.24) is 0 Å². The minimum Gasteiger partial charge on any atom is -0.100 e. The summed E-state index contributed by atoms with van der Waals surface area (Å²) in [6.45, 7) is 11.8. The standard InChI is InChI=1S/C5H10.C4H8/c1-4-5(2)3;1-3-4-2/h2,4H2,1,3H3;3-4H,1-2H3/b;4-3+. The molecule has 0 amide bonds. The first-order valence-corrected chi connectivity index (χ1v) is 3.40. The zero-order valence-corrected chi connectivity index (χ0v) is 7.07. The van der Waals surface area contributed by atoms with Gasteiger partial charge in [-0.25, -0.2) is 0 Å². The molecule has 9 heavy (non-hydrogen) atoms. The second-order valence-corrected chi connectivity index (χ2v) is 1.98. The topological polar surface area (TPSA) is 0 Å². The molecule has 0 aliphatic heterocycles. The van der Waals surface area contributed by atoms with Gasteiger partial charge in [0.2, 0.25) is 0 Å². The highest BCUT2D eigenvalue weighted by molar-refractivity contribution is 4.84. The molecule has 0 aliphatic rings. The number of allylic oxidation sites excluding steroid dienone is 3. The summed E-state index contributed by atoms with van der Waals surface area (Å²) < 4.78 is 0. The Morgan fingerprint density at radius 2 is 1.56 bits per heavy atom. The first-order chi connectivity index (χ1) is 4.18. The second-order valence-electron chi connectivity index (χ2n) is 1.98. The maximum absolute atomic E-state index is 3.67. The largest absolute Gasteiger partial charge is 0.100 e. The first-order valence-electron chi connectivity index (χ1n) is 3.40. The van der Waals surface area contributed by atoms with E-state index in [9.17, 15) is 0 Å². The highest BCUT2D eigenvalue weighted by Gasteiger charge is 1.67. The molecule has 54 valence electrons. The van der Waals surface area contributed by atoms with Crippen LogP contribution in [-0.4, -0.2) is 0 Å². The van der Waals surface area contributed by atoms with E-state index < -0.39 is 0 Å². The molecule has 0 heteroatoms. The van der Waals surface area contributed by atoms with Gasteiger partial charge in [-0.3, -0.25) is 0 Å². The van der Waals surface area contributed by atoms with Crippen LogP contribution >= 0.6 is 0 Å². The molecule has 0 aromatic carbocycles. The molecule has 0 aliphatic carbocycles. The molecule has 0 saturated carbocycles. The van der Waals surface area contributed by atoms with E-state index in [1.165, 1.54) is 5.57 Å². The van der Waals surface area contributed by atoms with Gasteiger partial charge >= 0.3 is 0 Å². The number of rotatable bonds is 1. The van der Waals surface area contributed by atoms with Gasteiger partial charge in [0, 0.05) is 0 Å². The minimum atomic E-state index is 1.11. The quantitative estimate of drug-likeness (QED) is 0.471. The van der Waals surface area contributed by atoms with Crippen molar-refractivity contribution in [2.24, 2.45) is 0 Å². The zero-order chi connectivity index (χ0) is 7.70. The third-order valence-electron chi connectivity index (χ3n) is 0.937. The summed E-state index contributed by atoms with van der Waals surface area (Å²) in [5.41, 5.74) is 1.25. The molecular formula is C9H18. The molecule has 0 saturated heterocycles. The minimum absolute atomic E-state index is 1.11. The van der Waals surface area contributed by atoms with Gasteiger partial charge in [0.15, 0.2) is 0 Å². The summed E-state index contributed by atoms with van der Waals surface area (Å²) in [5, 5.41) is 0. The summed E-state index contributed by atoms with van der Waals surface area (Å²) >= 11 is 0. The second kappa shape index (κ2) is 10.5. The summed E-state index contributed by atoms with van der Waals surface area (Å²) in [4.78, 5) is 0. The molecule has 0 aromatic heterocycles. The molecule has 0 atom stereocenters. The van der Waals surface area contributed by atoms with Gasteiger partial charge in [-0.2, -0.15) is 0 Å². The van der Waals surface area contributed by atoms with Crippen molar-refractivity contribution in [2.75, 3.05) is 0 Å². The van der Waals surface area contributed by atoms with Gasteiger partial charge in [0.05, 0.1) is 0 Å². The normalized spacial score (nSPS) is 8.44. The average Bonchev–Trinajstić information content (AvgIpc) is 1.89. The van der Waals surface area contributed by atoms with Crippen molar-refractivity contribution in [3.8, 4) is 0 Å². The van der Waals surface area contributed by atoms with Gasteiger partial charge in [-0.1, -0.05) is 24.6 Å². The summed E-state index contributed by atoms with van der Waals surface area (Å²) in [7, 11) is 0. The van der Waals surface area contributed by atoms with Gasteiger partial charge < -0.3 is 0 Å². The zero-order valence-electron chi connectivity index (χ0n) is 7.07. The van der Waals surface area contributed by atoms with E-state index >= 15 is 0 Å². The molecule has 0 bridgehead atoms. The molecule has 0 rings (SSSR count). The van der Waals surface area contributed by atoms with Crippen molar-refractivity contribution in [3.05, 3.63) is 24.3 Å². The van der Waals surface area contributed by atoms with E-state index in [1.807, 2.05) is 32.9 Å². The Labute approximate surface area is 59.3 Å². The van der Waals surface area contributed by atoms with E-state index in [-0.39, 0.29) is 0 Å². The van der Waals surface area contributed by atoms with Crippen LogP contribution in [0.4, 0.5) is 0 Å². The Kier molecular flexibility index (Phi) is 13.1. The lowest BCUT2D eigenvalue weighted by Gasteiger charge is -1.79. The maximum atomic E-state index is 3.67. The maximum Gasteiger partial charge on any atom is -0.0354 e. The molecule has 0 spiro atoms. The van der Waals surface area contributed by atoms with Crippen molar-refractivity contribution >= 4 is 0 Å². The van der Waals surface area contributed by atoms with Crippen LogP contribution in [0, 0.1) is 0 Å². The number of hydrogen-bond acceptors (Lipinski definition) is 0. The van der Waals surface area contributed by atoms with E-state index in [0.29, 0.717) is 0 Å². The van der Waals surface area contributed by atoms with E-state index in [0.717, 1.165) is 6.42 Å². The van der Waals surface area contributed by atoms with Crippen LogP contribution in [0.2, 0.25) is 0 Å². The van der Waals surface area contributed by atoms with Crippen molar-refractivity contribution in [3.63, 3.8) is 0 Å². The van der Waals surface area contributed by atoms with E-state index in [4.69, 9.17) is 0 Å². The van der Waals surface area contributed by atoms with Crippen LogP contribution in [0.3, 0.4) is 0 Å². The lowest BCUT2D eigenvalue weighted by molar-refractivity contribution is 1.11. The highest BCUT2D eigenvalue weighted by Crippen LogP contribution is 1.88. The molecule has 0 heterocycles. The van der Waals surface area contributed by atoms with Crippen LogP contribution in [0.15, 0.2) is 24.3 Å². The molecule has 0 nitrogen and oxygen atoms in total. The molecule has 0 radical (unpaired) electrons. The Balaban J connectivity index is 0. The lowest BCUT2D eigenvalue weighted by atomic mass is 10.3. The summed E-state index contributed by atoms with van der Waals surface area (Å²) in [5.74, 6) is 0. The molecule has 0 N–H and O–H groups in total. The highest BCUT2D eigenvalue weighted by atomic mass is 13.7. The predicted molar refractivity (Wildman–Crippen MR) is 45.6 cm³/mol. The smallest absolute Gasteiger partial charge is 0.0354 e. The SMILES string of the molecule is C/C=C/C.C=C(C)CC. The molecular weight excluding hydrogens is 108 g/mol. The van der Waals surface area contributed by atoms with Crippen LogP contribution in [0.5, 0.6) is 0 Å². The Morgan fingerprint density at radius 3 is 1.56 bits per heavy atom. The average molecular weight is 126 g/mol. The first kappa shape index (κ1) is 11.3. The van der Waals surface area contributed by atoms with E-state index in [1.54, 1.807) is 0 Å². The van der Waals surface area contributed by atoms with Gasteiger partial charge in [-0.15, -0.1) is 6.58 Å². The molecule has 0 aromatic rings. The third kappa shape index (κ3) is 36.5. The van der Waals surface area contributed by atoms with Crippen molar-refractivity contribution in [1.29, 1.82) is 0 Å². The number of hydrogen-bond donors (Lipinski definition) is 0. The van der Waals surface area contributed by atoms with Crippen LogP contribution in [0.1, 0.15) is 34.1 Å². The fourth-order valence-electron chi connectivity index (χ4n) is 0. The monoisotopic (exact) mass is 126 g/mol. The molecule has 0 unspecified atom stereocenters. The fraction of sp³-hybridized carbons (Fsp3) is 0.556. The van der Waals surface area contributed by atoms with Gasteiger partial charge in [-0.05, 0) is 27.2 Å². The molecule has 0 fully saturated rings. The van der Waals surface area contributed by atoms with Crippen LogP contribution < -0.4 is 0 Å². The van der Waals surface area contributed by atoms with Gasteiger partial charge in [0.1, 0.15) is 0 Å².